The van der Waals surface area contributed by atoms with Crippen molar-refractivity contribution in [2.75, 3.05) is 25.0 Å². The van der Waals surface area contributed by atoms with Gasteiger partial charge < -0.3 is 5.32 Å². The van der Waals surface area contributed by atoms with Crippen LogP contribution in [0.3, 0.4) is 0 Å². The molecule has 0 aliphatic carbocycles. The third kappa shape index (κ3) is 3.92. The predicted molar refractivity (Wildman–Crippen MR) is 103 cm³/mol. The number of hydrogen-bond donors (Lipinski definition) is 1. The molecule has 0 bridgehead atoms. The molecule has 3 aromatic rings. The zero-order valence-electron chi connectivity index (χ0n) is 14.3. The van der Waals surface area contributed by atoms with Crippen LogP contribution in [0.15, 0.2) is 48.5 Å². The Morgan fingerprint density at radius 3 is 2.85 bits per heavy atom. The Labute approximate surface area is 155 Å². The second-order valence-corrected chi connectivity index (χ2v) is 7.71. The van der Waals surface area contributed by atoms with Crippen molar-refractivity contribution in [1.82, 2.24) is 9.88 Å². The first-order chi connectivity index (χ1) is 12.7. The number of fused-ring (bicyclic) bond motifs is 1. The molecule has 1 aliphatic rings. The number of carbonyl (C=O) groups is 1. The van der Waals surface area contributed by atoms with Gasteiger partial charge in [-0.2, -0.15) is 0 Å². The van der Waals surface area contributed by atoms with Gasteiger partial charge in [0, 0.05) is 18.2 Å². The maximum atomic E-state index is 13.0. The number of para-hydroxylation sites is 1. The average Bonchev–Trinajstić information content (AvgIpc) is 3.08. The number of likely N-dealkylation sites (tertiary alicyclic amines) is 1. The highest BCUT2D eigenvalue weighted by Gasteiger charge is 2.25. The van der Waals surface area contributed by atoms with Crippen LogP contribution in [-0.4, -0.2) is 35.4 Å². The minimum absolute atomic E-state index is 0.0680. The molecule has 1 amide bonds. The van der Waals surface area contributed by atoms with Crippen molar-refractivity contribution < 1.29 is 9.18 Å². The topological polar surface area (TPSA) is 45.2 Å². The van der Waals surface area contributed by atoms with E-state index < -0.39 is 0 Å². The van der Waals surface area contributed by atoms with Crippen LogP contribution >= 0.6 is 11.3 Å². The standard InChI is InChI=1S/C20H20FN3OS/c21-15-7-9-16(10-8-15)22-19(25)13-24-11-3-4-14(12-24)20-23-17-5-1-2-6-18(17)26-20/h1-2,5-10,14H,3-4,11-13H2,(H,22,25)/t14-/m1/s1. The van der Waals surface area contributed by atoms with Crippen LogP contribution < -0.4 is 5.32 Å². The summed E-state index contributed by atoms with van der Waals surface area (Å²) in [4.78, 5) is 19.3. The van der Waals surface area contributed by atoms with Gasteiger partial charge in [0.15, 0.2) is 0 Å². The maximum Gasteiger partial charge on any atom is 0.238 e. The quantitative estimate of drug-likeness (QED) is 0.748. The first kappa shape index (κ1) is 17.1. The third-order valence-electron chi connectivity index (χ3n) is 4.66. The third-order valence-corrected chi connectivity index (χ3v) is 5.86. The van der Waals surface area contributed by atoms with Gasteiger partial charge in [-0.15, -0.1) is 11.3 Å². The molecule has 2 aromatic carbocycles. The van der Waals surface area contributed by atoms with Crippen LogP contribution in [0.25, 0.3) is 10.2 Å². The lowest BCUT2D eigenvalue weighted by Crippen LogP contribution is -2.39. The fourth-order valence-corrected chi connectivity index (χ4v) is 4.50. The molecule has 4 nitrogen and oxygen atoms in total. The summed E-state index contributed by atoms with van der Waals surface area (Å²) in [5, 5.41) is 3.99. The van der Waals surface area contributed by atoms with Crippen LogP contribution in [0.5, 0.6) is 0 Å². The van der Waals surface area contributed by atoms with E-state index in [4.69, 9.17) is 4.98 Å². The summed E-state index contributed by atoms with van der Waals surface area (Å²) >= 11 is 1.75. The monoisotopic (exact) mass is 369 g/mol. The predicted octanol–water partition coefficient (Wildman–Crippen LogP) is 4.25. The van der Waals surface area contributed by atoms with Gasteiger partial charge in [0.05, 0.1) is 21.8 Å². The van der Waals surface area contributed by atoms with Gasteiger partial charge in [0.25, 0.3) is 0 Å². The van der Waals surface area contributed by atoms with Crippen LogP contribution in [0, 0.1) is 5.82 Å². The minimum atomic E-state index is -0.308. The molecule has 0 saturated carbocycles. The SMILES string of the molecule is O=C(CN1CCC[C@@H](c2nc3ccccc3s2)C1)Nc1ccc(F)cc1. The second-order valence-electron chi connectivity index (χ2n) is 6.65. The van der Waals surface area contributed by atoms with Gasteiger partial charge in [-0.1, -0.05) is 12.1 Å². The number of hydrogen-bond acceptors (Lipinski definition) is 4. The van der Waals surface area contributed by atoms with Gasteiger partial charge in [-0.3, -0.25) is 9.69 Å². The van der Waals surface area contributed by atoms with E-state index in [9.17, 15) is 9.18 Å². The molecule has 1 atom stereocenters. The van der Waals surface area contributed by atoms with E-state index in [2.05, 4.69) is 16.3 Å². The van der Waals surface area contributed by atoms with Crippen molar-refractivity contribution in [3.63, 3.8) is 0 Å². The summed E-state index contributed by atoms with van der Waals surface area (Å²) in [6.45, 7) is 2.10. The second kappa shape index (κ2) is 7.51. The Balaban J connectivity index is 1.38. The number of carbonyl (C=O) groups excluding carboxylic acids is 1. The average molecular weight is 369 g/mol. The maximum absolute atomic E-state index is 13.0. The van der Waals surface area contributed by atoms with Crippen LogP contribution in [0.4, 0.5) is 10.1 Å². The van der Waals surface area contributed by atoms with Gasteiger partial charge in [0.2, 0.25) is 5.91 Å². The first-order valence-electron chi connectivity index (χ1n) is 8.80. The molecule has 0 unspecified atom stereocenters. The summed E-state index contributed by atoms with van der Waals surface area (Å²) in [6.07, 6.45) is 2.17. The molecule has 0 spiro atoms. The summed E-state index contributed by atoms with van der Waals surface area (Å²) in [7, 11) is 0. The number of nitrogens with zero attached hydrogens (tertiary/aromatic N) is 2. The Kier molecular flexibility index (Phi) is 4.95. The van der Waals surface area contributed by atoms with E-state index in [1.807, 2.05) is 18.2 Å². The normalized spacial score (nSPS) is 18.1. The number of amides is 1. The Hall–Kier alpha value is -2.31. The molecule has 4 rings (SSSR count). The van der Waals surface area contributed by atoms with Crippen molar-refractivity contribution in [1.29, 1.82) is 0 Å². The zero-order chi connectivity index (χ0) is 17.9. The van der Waals surface area contributed by atoms with Gasteiger partial charge in [-0.25, -0.2) is 9.37 Å². The number of piperidine rings is 1. The molecule has 1 saturated heterocycles. The molecule has 2 heterocycles. The van der Waals surface area contributed by atoms with Crippen LogP contribution in [-0.2, 0) is 4.79 Å². The van der Waals surface area contributed by atoms with Crippen molar-refractivity contribution in [2.24, 2.45) is 0 Å². The number of benzene rings is 2. The molecule has 1 aromatic heterocycles. The molecular formula is C20H20FN3OS. The van der Waals surface area contributed by atoms with E-state index in [-0.39, 0.29) is 11.7 Å². The van der Waals surface area contributed by atoms with E-state index >= 15 is 0 Å². The van der Waals surface area contributed by atoms with Crippen molar-refractivity contribution in [3.05, 3.63) is 59.4 Å². The number of nitrogens with one attached hydrogen (secondary N) is 1. The van der Waals surface area contributed by atoms with E-state index in [1.165, 1.54) is 16.8 Å². The lowest BCUT2D eigenvalue weighted by Gasteiger charge is -2.31. The lowest BCUT2D eigenvalue weighted by molar-refractivity contribution is -0.117. The summed E-state index contributed by atoms with van der Waals surface area (Å²) in [6, 6.07) is 14.1. The van der Waals surface area contributed by atoms with Gasteiger partial charge in [0.1, 0.15) is 5.82 Å². The molecule has 0 radical (unpaired) electrons. The summed E-state index contributed by atoms with van der Waals surface area (Å²) in [5.41, 5.74) is 1.68. The van der Waals surface area contributed by atoms with Crippen molar-refractivity contribution in [2.45, 2.75) is 18.8 Å². The molecule has 1 N–H and O–H groups in total. The largest absolute Gasteiger partial charge is 0.325 e. The summed E-state index contributed by atoms with van der Waals surface area (Å²) in [5.74, 6) is -0.000893. The van der Waals surface area contributed by atoms with Crippen molar-refractivity contribution in [3.8, 4) is 0 Å². The number of anilines is 1. The van der Waals surface area contributed by atoms with E-state index in [1.54, 1.807) is 23.5 Å². The Morgan fingerprint density at radius 1 is 1.23 bits per heavy atom. The van der Waals surface area contributed by atoms with E-state index in [0.717, 1.165) is 36.5 Å². The highest BCUT2D eigenvalue weighted by Crippen LogP contribution is 2.32. The smallest absolute Gasteiger partial charge is 0.238 e. The zero-order valence-corrected chi connectivity index (χ0v) is 15.1. The molecule has 134 valence electrons. The molecule has 6 heteroatoms. The van der Waals surface area contributed by atoms with Crippen molar-refractivity contribution >= 4 is 33.1 Å². The highest BCUT2D eigenvalue weighted by molar-refractivity contribution is 7.18. The van der Waals surface area contributed by atoms with Crippen LogP contribution in [0.2, 0.25) is 0 Å². The number of aromatic nitrogens is 1. The Bertz CT molecular complexity index is 876. The molecule has 26 heavy (non-hydrogen) atoms. The Morgan fingerprint density at radius 2 is 2.04 bits per heavy atom. The van der Waals surface area contributed by atoms with Gasteiger partial charge in [-0.05, 0) is 55.8 Å². The fourth-order valence-electron chi connectivity index (χ4n) is 3.40. The molecule has 1 aliphatic heterocycles. The lowest BCUT2D eigenvalue weighted by atomic mass is 9.99. The first-order valence-corrected chi connectivity index (χ1v) is 9.62. The van der Waals surface area contributed by atoms with Crippen LogP contribution in [0.1, 0.15) is 23.8 Å². The fraction of sp³-hybridized carbons (Fsp3) is 0.300. The number of thiazole rings is 1. The molecule has 1 fully saturated rings. The van der Waals surface area contributed by atoms with E-state index in [0.29, 0.717) is 18.2 Å². The molecular weight excluding hydrogens is 349 g/mol. The van der Waals surface area contributed by atoms with Gasteiger partial charge >= 0.3 is 0 Å². The summed E-state index contributed by atoms with van der Waals surface area (Å²) < 4.78 is 14.2. The minimum Gasteiger partial charge on any atom is -0.325 e. The number of rotatable bonds is 4. The highest BCUT2D eigenvalue weighted by atomic mass is 32.1. The number of halogens is 1.